The van der Waals surface area contributed by atoms with Gasteiger partial charge in [0.2, 0.25) is 5.91 Å². The SMILES string of the molecule is CN(C)C(=O)CCCOc1cccnc1Br. The van der Waals surface area contributed by atoms with Crippen molar-refractivity contribution in [2.45, 2.75) is 12.8 Å². The minimum absolute atomic E-state index is 0.119. The van der Waals surface area contributed by atoms with Crippen molar-refractivity contribution < 1.29 is 9.53 Å². The number of nitrogens with zero attached hydrogens (tertiary/aromatic N) is 2. The highest BCUT2D eigenvalue weighted by molar-refractivity contribution is 9.10. The van der Waals surface area contributed by atoms with E-state index >= 15 is 0 Å². The van der Waals surface area contributed by atoms with E-state index in [1.54, 1.807) is 25.2 Å². The smallest absolute Gasteiger partial charge is 0.222 e. The highest BCUT2D eigenvalue weighted by Crippen LogP contribution is 2.21. The van der Waals surface area contributed by atoms with Gasteiger partial charge in [-0.05, 0) is 34.5 Å². The predicted octanol–water partition coefficient (Wildman–Crippen LogP) is 2.09. The molecule has 88 valence electrons. The zero-order valence-corrected chi connectivity index (χ0v) is 11.0. The lowest BCUT2D eigenvalue weighted by atomic mass is 10.3. The lowest BCUT2D eigenvalue weighted by Crippen LogP contribution is -2.21. The summed E-state index contributed by atoms with van der Waals surface area (Å²) in [5.74, 6) is 0.827. The Morgan fingerprint density at radius 2 is 2.31 bits per heavy atom. The van der Waals surface area contributed by atoms with Gasteiger partial charge >= 0.3 is 0 Å². The fourth-order valence-electron chi connectivity index (χ4n) is 1.11. The van der Waals surface area contributed by atoms with Crippen LogP contribution in [-0.2, 0) is 4.79 Å². The molecule has 0 aliphatic carbocycles. The van der Waals surface area contributed by atoms with Gasteiger partial charge in [0.25, 0.3) is 0 Å². The van der Waals surface area contributed by atoms with Gasteiger partial charge in [0.1, 0.15) is 4.60 Å². The van der Waals surface area contributed by atoms with Crippen molar-refractivity contribution in [2.75, 3.05) is 20.7 Å². The summed E-state index contributed by atoms with van der Waals surface area (Å²) in [5, 5.41) is 0. The number of hydrogen-bond donors (Lipinski definition) is 0. The molecule has 0 aromatic carbocycles. The molecule has 0 N–H and O–H groups in total. The van der Waals surface area contributed by atoms with Crippen molar-refractivity contribution in [1.82, 2.24) is 9.88 Å². The number of pyridine rings is 1. The van der Waals surface area contributed by atoms with Crippen LogP contribution in [-0.4, -0.2) is 36.5 Å². The van der Waals surface area contributed by atoms with E-state index in [-0.39, 0.29) is 5.91 Å². The molecular formula is C11H15BrN2O2. The first-order valence-electron chi connectivity index (χ1n) is 5.04. The second-order valence-electron chi connectivity index (χ2n) is 3.53. The molecule has 0 aliphatic heterocycles. The number of hydrogen-bond acceptors (Lipinski definition) is 3. The van der Waals surface area contributed by atoms with E-state index in [9.17, 15) is 4.79 Å². The molecule has 0 unspecified atom stereocenters. The number of carbonyl (C=O) groups excluding carboxylic acids is 1. The lowest BCUT2D eigenvalue weighted by Gasteiger charge is -2.10. The van der Waals surface area contributed by atoms with Crippen LogP contribution in [0.2, 0.25) is 0 Å². The van der Waals surface area contributed by atoms with Gasteiger partial charge in [-0.3, -0.25) is 4.79 Å². The minimum Gasteiger partial charge on any atom is -0.491 e. The fraction of sp³-hybridized carbons (Fsp3) is 0.455. The second-order valence-corrected chi connectivity index (χ2v) is 4.28. The van der Waals surface area contributed by atoms with E-state index < -0.39 is 0 Å². The Balaban J connectivity index is 2.26. The first kappa shape index (κ1) is 13.0. The van der Waals surface area contributed by atoms with Crippen molar-refractivity contribution in [3.63, 3.8) is 0 Å². The molecular weight excluding hydrogens is 272 g/mol. The normalized spacial score (nSPS) is 9.94. The summed E-state index contributed by atoms with van der Waals surface area (Å²) in [4.78, 5) is 16.9. The quantitative estimate of drug-likeness (QED) is 0.615. The maximum absolute atomic E-state index is 11.3. The average Bonchev–Trinajstić information content (AvgIpc) is 2.26. The van der Waals surface area contributed by atoms with Gasteiger partial charge in [0.05, 0.1) is 6.61 Å². The minimum atomic E-state index is 0.119. The van der Waals surface area contributed by atoms with Crippen LogP contribution in [0.25, 0.3) is 0 Å². The summed E-state index contributed by atoms with van der Waals surface area (Å²) in [6.45, 7) is 0.518. The van der Waals surface area contributed by atoms with Crippen LogP contribution in [0, 0.1) is 0 Å². The molecule has 0 spiro atoms. The highest BCUT2D eigenvalue weighted by Gasteiger charge is 2.04. The molecule has 0 radical (unpaired) electrons. The van der Waals surface area contributed by atoms with Crippen molar-refractivity contribution in [2.24, 2.45) is 0 Å². The maximum atomic E-state index is 11.3. The number of halogens is 1. The van der Waals surface area contributed by atoms with Gasteiger partial charge in [-0.1, -0.05) is 0 Å². The van der Waals surface area contributed by atoms with Crippen molar-refractivity contribution in [1.29, 1.82) is 0 Å². The van der Waals surface area contributed by atoms with Gasteiger partial charge < -0.3 is 9.64 Å². The Morgan fingerprint density at radius 3 is 2.94 bits per heavy atom. The topological polar surface area (TPSA) is 42.4 Å². The van der Waals surface area contributed by atoms with Gasteiger partial charge in [0, 0.05) is 26.7 Å². The molecule has 1 rings (SSSR count). The third kappa shape index (κ3) is 4.18. The molecule has 0 saturated heterocycles. The standard InChI is InChI=1S/C11H15BrN2O2/c1-14(2)10(15)6-4-8-16-9-5-3-7-13-11(9)12/h3,5,7H,4,6,8H2,1-2H3. The van der Waals surface area contributed by atoms with E-state index in [1.165, 1.54) is 0 Å². The Kier molecular flexibility index (Phi) is 5.25. The molecule has 16 heavy (non-hydrogen) atoms. The van der Waals surface area contributed by atoms with Crippen LogP contribution < -0.4 is 4.74 Å². The van der Waals surface area contributed by atoms with Gasteiger partial charge in [0.15, 0.2) is 5.75 Å². The number of amides is 1. The highest BCUT2D eigenvalue weighted by atomic mass is 79.9. The largest absolute Gasteiger partial charge is 0.491 e. The monoisotopic (exact) mass is 286 g/mol. The van der Waals surface area contributed by atoms with E-state index in [0.717, 1.165) is 0 Å². The number of aromatic nitrogens is 1. The van der Waals surface area contributed by atoms with Crippen LogP contribution >= 0.6 is 15.9 Å². The van der Waals surface area contributed by atoms with Crippen LogP contribution in [0.5, 0.6) is 5.75 Å². The summed E-state index contributed by atoms with van der Waals surface area (Å²) in [7, 11) is 3.50. The van der Waals surface area contributed by atoms with E-state index in [2.05, 4.69) is 20.9 Å². The molecule has 0 bridgehead atoms. The summed E-state index contributed by atoms with van der Waals surface area (Å²) < 4.78 is 6.18. The van der Waals surface area contributed by atoms with Crippen molar-refractivity contribution in [3.8, 4) is 5.75 Å². The van der Waals surface area contributed by atoms with Crippen molar-refractivity contribution >= 4 is 21.8 Å². The Hall–Kier alpha value is -1.10. The van der Waals surface area contributed by atoms with E-state index in [4.69, 9.17) is 4.74 Å². The summed E-state index contributed by atoms with van der Waals surface area (Å²) in [6, 6.07) is 3.65. The third-order valence-electron chi connectivity index (χ3n) is 2.02. The summed E-state index contributed by atoms with van der Waals surface area (Å²) in [5.41, 5.74) is 0. The Labute approximate surface area is 104 Å². The molecule has 0 fully saturated rings. The maximum Gasteiger partial charge on any atom is 0.222 e. The lowest BCUT2D eigenvalue weighted by molar-refractivity contribution is -0.128. The summed E-state index contributed by atoms with van der Waals surface area (Å²) in [6.07, 6.45) is 2.90. The molecule has 0 aliphatic rings. The van der Waals surface area contributed by atoms with E-state index in [1.807, 2.05) is 12.1 Å². The summed E-state index contributed by atoms with van der Waals surface area (Å²) >= 11 is 3.29. The number of ether oxygens (including phenoxy) is 1. The molecule has 1 aromatic rings. The first-order chi connectivity index (χ1) is 7.61. The fourth-order valence-corrected chi connectivity index (χ4v) is 1.47. The molecule has 0 atom stereocenters. The first-order valence-corrected chi connectivity index (χ1v) is 5.84. The van der Waals surface area contributed by atoms with Gasteiger partial charge in [-0.25, -0.2) is 4.98 Å². The van der Waals surface area contributed by atoms with Crippen LogP contribution in [0.4, 0.5) is 0 Å². The molecule has 1 heterocycles. The zero-order valence-electron chi connectivity index (χ0n) is 9.44. The van der Waals surface area contributed by atoms with Crippen LogP contribution in [0.3, 0.4) is 0 Å². The average molecular weight is 287 g/mol. The van der Waals surface area contributed by atoms with Gasteiger partial charge in [-0.2, -0.15) is 0 Å². The number of rotatable bonds is 5. The van der Waals surface area contributed by atoms with E-state index in [0.29, 0.717) is 29.8 Å². The molecule has 4 nitrogen and oxygen atoms in total. The third-order valence-corrected chi connectivity index (χ3v) is 2.61. The number of carbonyl (C=O) groups is 1. The molecule has 0 saturated carbocycles. The van der Waals surface area contributed by atoms with Crippen LogP contribution in [0.15, 0.2) is 22.9 Å². The Bertz CT molecular complexity index is 356. The molecule has 1 amide bonds. The molecule has 1 aromatic heterocycles. The second kappa shape index (κ2) is 6.48. The molecule has 5 heteroatoms. The Morgan fingerprint density at radius 1 is 1.56 bits per heavy atom. The van der Waals surface area contributed by atoms with Crippen LogP contribution in [0.1, 0.15) is 12.8 Å². The zero-order chi connectivity index (χ0) is 12.0. The predicted molar refractivity (Wildman–Crippen MR) is 65.4 cm³/mol. The van der Waals surface area contributed by atoms with Crippen molar-refractivity contribution in [3.05, 3.63) is 22.9 Å². The van der Waals surface area contributed by atoms with Gasteiger partial charge in [-0.15, -0.1) is 0 Å².